The lowest BCUT2D eigenvalue weighted by atomic mass is 10.1. The molecule has 3 heterocycles. The third-order valence-corrected chi connectivity index (χ3v) is 4.36. The van der Waals surface area contributed by atoms with E-state index < -0.39 is 0 Å². The smallest absolute Gasteiger partial charge is 0.155 e. The molecule has 0 radical (unpaired) electrons. The second kappa shape index (κ2) is 7.99. The average Bonchev–Trinajstić information content (AvgIpc) is 3.07. The van der Waals surface area contributed by atoms with Gasteiger partial charge in [0.15, 0.2) is 5.82 Å². The summed E-state index contributed by atoms with van der Waals surface area (Å²) in [5.41, 5.74) is 5.39. The summed E-state index contributed by atoms with van der Waals surface area (Å²) in [5, 5.41) is 0. The van der Waals surface area contributed by atoms with Gasteiger partial charge in [-0.2, -0.15) is 0 Å². The van der Waals surface area contributed by atoms with Crippen LogP contribution in [0.25, 0.3) is 16.9 Å². The van der Waals surface area contributed by atoms with Gasteiger partial charge in [-0.3, -0.25) is 4.40 Å². The summed E-state index contributed by atoms with van der Waals surface area (Å²) in [7, 11) is 3.85. The number of nitrogens with zero attached hydrogens (tertiary/aromatic N) is 5. The highest BCUT2D eigenvalue weighted by atomic mass is 15.1. The highest BCUT2D eigenvalue weighted by molar-refractivity contribution is 5.73. The van der Waals surface area contributed by atoms with E-state index in [1.54, 1.807) is 6.34 Å². The van der Waals surface area contributed by atoms with E-state index in [0.717, 1.165) is 28.2 Å². The number of hydrogen-bond acceptors (Lipinski definition) is 3. The fourth-order valence-corrected chi connectivity index (χ4v) is 3.07. The predicted molar refractivity (Wildman–Crippen MR) is 117 cm³/mol. The molecule has 1 aromatic carbocycles. The van der Waals surface area contributed by atoms with Crippen LogP contribution in [-0.4, -0.2) is 39.7 Å². The zero-order valence-corrected chi connectivity index (χ0v) is 16.7. The summed E-state index contributed by atoms with van der Waals surface area (Å²) in [6.07, 6.45) is 3.74. The zero-order chi connectivity index (χ0) is 20.2. The van der Waals surface area contributed by atoms with Crippen LogP contribution in [0.2, 0.25) is 0 Å². The summed E-state index contributed by atoms with van der Waals surface area (Å²) in [6, 6.07) is 19.8. The molecule has 3 aromatic heterocycles. The lowest BCUT2D eigenvalue weighted by molar-refractivity contribution is 0.643. The maximum atomic E-state index is 4.72. The van der Waals surface area contributed by atoms with E-state index in [4.69, 9.17) is 4.98 Å². The molecule has 0 spiro atoms. The summed E-state index contributed by atoms with van der Waals surface area (Å²) in [4.78, 5) is 15.7. The van der Waals surface area contributed by atoms with Crippen LogP contribution in [0.3, 0.4) is 0 Å². The van der Waals surface area contributed by atoms with E-state index in [1.165, 1.54) is 0 Å². The van der Waals surface area contributed by atoms with Gasteiger partial charge in [-0.1, -0.05) is 30.2 Å². The van der Waals surface area contributed by atoms with Crippen molar-refractivity contribution >= 4 is 17.8 Å². The fourth-order valence-electron chi connectivity index (χ4n) is 3.07. The number of fused-ring (bicyclic) bond motifs is 1. The van der Waals surface area contributed by atoms with Gasteiger partial charge in [-0.05, 0) is 49.2 Å². The summed E-state index contributed by atoms with van der Waals surface area (Å²) >= 11 is 0. The van der Waals surface area contributed by atoms with E-state index in [9.17, 15) is 0 Å². The van der Waals surface area contributed by atoms with Gasteiger partial charge in [0.1, 0.15) is 11.3 Å². The molecule has 0 saturated carbocycles. The van der Waals surface area contributed by atoms with E-state index in [0.29, 0.717) is 11.5 Å². The topological polar surface area (TPSA) is 45.8 Å². The SMILES string of the molecule is Cc1nc2ccccn2c1-c1ccc(N=CN(C)C)nc1C#Cc1ccccc1. The van der Waals surface area contributed by atoms with Crippen LogP contribution in [0.15, 0.2) is 71.9 Å². The second-order valence-electron chi connectivity index (χ2n) is 6.86. The largest absolute Gasteiger partial charge is 0.369 e. The van der Waals surface area contributed by atoms with E-state index in [1.807, 2.05) is 92.8 Å². The highest BCUT2D eigenvalue weighted by Gasteiger charge is 2.15. The van der Waals surface area contributed by atoms with Crippen molar-refractivity contribution in [3.05, 3.63) is 83.8 Å². The number of benzene rings is 1. The number of imidazole rings is 1. The average molecular weight is 379 g/mol. The quantitative estimate of drug-likeness (QED) is 0.302. The monoisotopic (exact) mass is 379 g/mol. The lowest BCUT2D eigenvalue weighted by Gasteiger charge is -2.07. The number of aryl methyl sites for hydroxylation is 1. The third kappa shape index (κ3) is 4.02. The summed E-state index contributed by atoms with van der Waals surface area (Å²) < 4.78 is 2.07. The number of aromatic nitrogens is 3. The molecule has 0 atom stereocenters. The van der Waals surface area contributed by atoms with Gasteiger partial charge < -0.3 is 4.90 Å². The molecular weight excluding hydrogens is 358 g/mol. The first-order valence-corrected chi connectivity index (χ1v) is 9.34. The summed E-state index contributed by atoms with van der Waals surface area (Å²) in [6.45, 7) is 2.01. The van der Waals surface area contributed by atoms with Gasteiger partial charge in [0, 0.05) is 31.4 Å². The van der Waals surface area contributed by atoms with Crippen molar-refractivity contribution in [3.63, 3.8) is 0 Å². The fraction of sp³-hybridized carbons (Fsp3) is 0.125. The molecule has 4 rings (SSSR count). The maximum absolute atomic E-state index is 4.72. The first kappa shape index (κ1) is 18.5. The van der Waals surface area contributed by atoms with Gasteiger partial charge in [0.25, 0.3) is 0 Å². The van der Waals surface area contributed by atoms with Crippen LogP contribution in [0.1, 0.15) is 17.0 Å². The standard InChI is InChI=1S/C24H21N5/c1-18-24(29-16-8-7-11-23(29)26-18)20-13-15-22(25-17-28(2)3)27-21(20)14-12-19-9-5-4-6-10-19/h4-11,13,15-17H,1-3H3. The predicted octanol–water partition coefficient (Wildman–Crippen LogP) is 4.33. The Morgan fingerprint density at radius 1 is 0.931 bits per heavy atom. The van der Waals surface area contributed by atoms with Crippen molar-refractivity contribution in [3.8, 4) is 23.1 Å². The molecule has 5 heteroatoms. The Morgan fingerprint density at radius 3 is 2.52 bits per heavy atom. The molecule has 0 amide bonds. The molecule has 0 bridgehead atoms. The Hall–Kier alpha value is -3.91. The molecular formula is C24H21N5. The molecule has 29 heavy (non-hydrogen) atoms. The van der Waals surface area contributed by atoms with E-state index >= 15 is 0 Å². The van der Waals surface area contributed by atoms with Crippen molar-refractivity contribution < 1.29 is 0 Å². The van der Waals surface area contributed by atoms with Crippen LogP contribution in [0.4, 0.5) is 5.82 Å². The Morgan fingerprint density at radius 2 is 1.72 bits per heavy atom. The molecule has 0 unspecified atom stereocenters. The van der Waals surface area contributed by atoms with Gasteiger partial charge in [-0.25, -0.2) is 15.0 Å². The Bertz CT molecular complexity index is 1240. The number of pyridine rings is 2. The van der Waals surface area contributed by atoms with Gasteiger partial charge in [0.05, 0.1) is 17.7 Å². The van der Waals surface area contributed by atoms with Crippen LogP contribution in [0, 0.1) is 18.8 Å². The lowest BCUT2D eigenvalue weighted by Crippen LogP contribution is -2.07. The zero-order valence-electron chi connectivity index (χ0n) is 16.7. The Labute approximate surface area is 170 Å². The molecule has 0 saturated heterocycles. The molecule has 0 N–H and O–H groups in total. The van der Waals surface area contributed by atoms with Gasteiger partial charge in [-0.15, -0.1) is 0 Å². The Kier molecular flexibility index (Phi) is 5.08. The molecule has 0 aliphatic rings. The first-order valence-electron chi connectivity index (χ1n) is 9.34. The van der Waals surface area contributed by atoms with Gasteiger partial charge in [0.2, 0.25) is 0 Å². The van der Waals surface area contributed by atoms with Gasteiger partial charge >= 0.3 is 0 Å². The molecule has 4 aromatic rings. The van der Waals surface area contributed by atoms with Crippen LogP contribution in [0.5, 0.6) is 0 Å². The van der Waals surface area contributed by atoms with Crippen molar-refractivity contribution in [2.45, 2.75) is 6.92 Å². The van der Waals surface area contributed by atoms with Crippen LogP contribution < -0.4 is 0 Å². The van der Waals surface area contributed by atoms with Crippen molar-refractivity contribution in [2.75, 3.05) is 14.1 Å². The van der Waals surface area contributed by atoms with Crippen molar-refractivity contribution in [1.29, 1.82) is 0 Å². The van der Waals surface area contributed by atoms with E-state index in [2.05, 4.69) is 26.2 Å². The third-order valence-electron chi connectivity index (χ3n) is 4.36. The Balaban J connectivity index is 1.89. The normalized spacial score (nSPS) is 10.9. The van der Waals surface area contributed by atoms with Crippen LogP contribution >= 0.6 is 0 Å². The molecule has 0 aliphatic heterocycles. The number of aliphatic imine (C=N–C) groups is 1. The minimum absolute atomic E-state index is 0.617. The highest BCUT2D eigenvalue weighted by Crippen LogP contribution is 2.28. The van der Waals surface area contributed by atoms with E-state index in [-0.39, 0.29) is 0 Å². The summed E-state index contributed by atoms with van der Waals surface area (Å²) in [5.74, 6) is 7.08. The molecule has 5 nitrogen and oxygen atoms in total. The molecule has 142 valence electrons. The second-order valence-corrected chi connectivity index (χ2v) is 6.86. The molecule has 0 fully saturated rings. The first-order chi connectivity index (χ1) is 14.1. The number of hydrogen-bond donors (Lipinski definition) is 0. The minimum atomic E-state index is 0.617. The van der Waals surface area contributed by atoms with Crippen LogP contribution in [-0.2, 0) is 0 Å². The number of rotatable bonds is 3. The minimum Gasteiger partial charge on any atom is -0.369 e. The van der Waals surface area contributed by atoms with Crippen molar-refractivity contribution in [1.82, 2.24) is 19.3 Å². The molecule has 0 aliphatic carbocycles. The maximum Gasteiger partial charge on any atom is 0.155 e. The van der Waals surface area contributed by atoms with Crippen molar-refractivity contribution in [2.24, 2.45) is 4.99 Å².